The summed E-state index contributed by atoms with van der Waals surface area (Å²) in [6, 6.07) is 0. The Morgan fingerprint density at radius 3 is 2.93 bits per heavy atom. The maximum absolute atomic E-state index is 10.6. The van der Waals surface area contributed by atoms with Gasteiger partial charge >= 0.3 is 5.97 Å². The number of carboxylic acid groups (broad SMARTS) is 1. The van der Waals surface area contributed by atoms with Gasteiger partial charge < -0.3 is 9.67 Å². The molecule has 76 valence electrons. The molecule has 0 unspecified atom stereocenters. The Morgan fingerprint density at radius 1 is 1.71 bits per heavy atom. The lowest BCUT2D eigenvalue weighted by atomic mass is 10.3. The molecule has 0 saturated heterocycles. The number of rotatable bonds is 4. The normalized spacial score (nSPS) is 15.8. The number of aliphatic carboxylic acids is 1. The first-order valence-corrected chi connectivity index (χ1v) is 4.98. The first-order chi connectivity index (χ1) is 6.72. The molecule has 1 saturated carbocycles. The van der Waals surface area contributed by atoms with Crippen LogP contribution in [0.1, 0.15) is 37.2 Å². The number of carbonyl (C=O) groups is 1. The molecule has 0 radical (unpaired) electrons. The van der Waals surface area contributed by atoms with Crippen molar-refractivity contribution in [3.8, 4) is 0 Å². The van der Waals surface area contributed by atoms with E-state index in [1.807, 2.05) is 11.5 Å². The Hall–Kier alpha value is -1.32. The third-order valence-electron chi connectivity index (χ3n) is 2.56. The largest absolute Gasteiger partial charge is 0.481 e. The van der Waals surface area contributed by atoms with Gasteiger partial charge in [-0.25, -0.2) is 4.98 Å². The number of imidazole rings is 1. The van der Waals surface area contributed by atoms with Crippen molar-refractivity contribution in [2.75, 3.05) is 0 Å². The summed E-state index contributed by atoms with van der Waals surface area (Å²) in [6.45, 7) is 2.84. The van der Waals surface area contributed by atoms with Crippen molar-refractivity contribution in [1.82, 2.24) is 9.55 Å². The minimum absolute atomic E-state index is 0.0769. The third kappa shape index (κ3) is 1.64. The van der Waals surface area contributed by atoms with E-state index >= 15 is 0 Å². The van der Waals surface area contributed by atoms with E-state index in [1.54, 1.807) is 6.20 Å². The van der Waals surface area contributed by atoms with Gasteiger partial charge in [-0.15, -0.1) is 0 Å². The molecule has 0 aliphatic heterocycles. The fourth-order valence-corrected chi connectivity index (χ4v) is 1.76. The van der Waals surface area contributed by atoms with E-state index in [1.165, 1.54) is 12.8 Å². The van der Waals surface area contributed by atoms with Gasteiger partial charge in [-0.05, 0) is 19.8 Å². The SMILES string of the molecule is CCn1c(CC(=O)O)cnc1C1CC1. The van der Waals surface area contributed by atoms with Crippen LogP contribution < -0.4 is 0 Å². The third-order valence-corrected chi connectivity index (χ3v) is 2.56. The zero-order chi connectivity index (χ0) is 10.1. The van der Waals surface area contributed by atoms with Gasteiger partial charge in [-0.3, -0.25) is 4.79 Å². The predicted molar refractivity (Wildman–Crippen MR) is 51.2 cm³/mol. The molecule has 1 aromatic heterocycles. The van der Waals surface area contributed by atoms with E-state index in [-0.39, 0.29) is 6.42 Å². The van der Waals surface area contributed by atoms with Gasteiger partial charge in [0.2, 0.25) is 0 Å². The molecule has 1 heterocycles. The minimum atomic E-state index is -0.790. The van der Waals surface area contributed by atoms with E-state index in [4.69, 9.17) is 5.11 Å². The highest BCUT2D eigenvalue weighted by molar-refractivity contribution is 5.69. The molecule has 0 spiro atoms. The average Bonchev–Trinajstić information content (AvgIpc) is 2.88. The van der Waals surface area contributed by atoms with Gasteiger partial charge in [-0.1, -0.05) is 0 Å². The lowest BCUT2D eigenvalue weighted by Gasteiger charge is -2.06. The summed E-state index contributed by atoms with van der Waals surface area (Å²) >= 11 is 0. The number of aromatic nitrogens is 2. The molecular formula is C10H14N2O2. The quantitative estimate of drug-likeness (QED) is 0.788. The summed E-state index contributed by atoms with van der Waals surface area (Å²) in [5.41, 5.74) is 0.821. The average molecular weight is 194 g/mol. The molecular weight excluding hydrogens is 180 g/mol. The molecule has 14 heavy (non-hydrogen) atoms. The summed E-state index contributed by atoms with van der Waals surface area (Å²) in [5.74, 6) is 0.864. The van der Waals surface area contributed by atoms with Crippen LogP contribution >= 0.6 is 0 Å². The zero-order valence-corrected chi connectivity index (χ0v) is 8.23. The molecule has 0 bridgehead atoms. The number of nitrogens with zero attached hydrogens (tertiary/aromatic N) is 2. The van der Waals surface area contributed by atoms with Crippen molar-refractivity contribution in [3.63, 3.8) is 0 Å². The zero-order valence-electron chi connectivity index (χ0n) is 8.23. The molecule has 1 aliphatic carbocycles. The second kappa shape index (κ2) is 3.44. The highest BCUT2D eigenvalue weighted by Crippen LogP contribution is 2.39. The maximum atomic E-state index is 10.6. The Morgan fingerprint density at radius 2 is 2.43 bits per heavy atom. The predicted octanol–water partition coefficient (Wildman–Crippen LogP) is 1.41. The van der Waals surface area contributed by atoms with E-state index in [0.717, 1.165) is 18.1 Å². The van der Waals surface area contributed by atoms with Gasteiger partial charge in [-0.2, -0.15) is 0 Å². The first-order valence-electron chi connectivity index (χ1n) is 4.98. The van der Waals surface area contributed by atoms with Gasteiger partial charge in [0.05, 0.1) is 6.42 Å². The Labute approximate surface area is 82.6 Å². The second-order valence-electron chi connectivity index (χ2n) is 3.70. The minimum Gasteiger partial charge on any atom is -0.481 e. The molecule has 4 nitrogen and oxygen atoms in total. The monoisotopic (exact) mass is 194 g/mol. The van der Waals surface area contributed by atoms with Crippen molar-refractivity contribution in [3.05, 3.63) is 17.7 Å². The fourth-order valence-electron chi connectivity index (χ4n) is 1.76. The fraction of sp³-hybridized carbons (Fsp3) is 0.600. The smallest absolute Gasteiger partial charge is 0.309 e. The van der Waals surface area contributed by atoms with Gasteiger partial charge in [0.1, 0.15) is 5.82 Å². The van der Waals surface area contributed by atoms with E-state index < -0.39 is 5.97 Å². The van der Waals surface area contributed by atoms with Crippen LogP contribution in [0.5, 0.6) is 0 Å². The Kier molecular flexibility index (Phi) is 2.27. The van der Waals surface area contributed by atoms with Crippen molar-refractivity contribution >= 4 is 5.97 Å². The van der Waals surface area contributed by atoms with Crippen molar-refractivity contribution < 1.29 is 9.90 Å². The van der Waals surface area contributed by atoms with Crippen LogP contribution in [0.3, 0.4) is 0 Å². The van der Waals surface area contributed by atoms with Crippen molar-refractivity contribution in [2.24, 2.45) is 0 Å². The Bertz CT molecular complexity index is 353. The molecule has 0 atom stereocenters. The molecule has 2 rings (SSSR count). The van der Waals surface area contributed by atoms with Crippen molar-refractivity contribution in [1.29, 1.82) is 0 Å². The van der Waals surface area contributed by atoms with E-state index in [2.05, 4.69) is 4.98 Å². The lowest BCUT2D eigenvalue weighted by molar-refractivity contribution is -0.136. The molecule has 0 amide bonds. The summed E-state index contributed by atoms with van der Waals surface area (Å²) in [5, 5.41) is 8.71. The molecule has 0 aromatic carbocycles. The topological polar surface area (TPSA) is 55.1 Å². The standard InChI is InChI=1S/C10H14N2O2/c1-2-12-8(5-9(13)14)6-11-10(12)7-3-4-7/h6-7H,2-5H2,1H3,(H,13,14). The summed E-state index contributed by atoms with van der Waals surface area (Å²) in [6.07, 6.45) is 4.17. The molecule has 1 N–H and O–H groups in total. The molecule has 1 aromatic rings. The van der Waals surface area contributed by atoms with Crippen LogP contribution in [0.15, 0.2) is 6.20 Å². The van der Waals surface area contributed by atoms with Gasteiger partial charge in [0.15, 0.2) is 0 Å². The van der Waals surface area contributed by atoms with Crippen molar-refractivity contribution in [2.45, 2.75) is 38.6 Å². The molecule has 4 heteroatoms. The van der Waals surface area contributed by atoms with Crippen LogP contribution in [0.4, 0.5) is 0 Å². The van der Waals surface area contributed by atoms with Crippen LogP contribution in [-0.4, -0.2) is 20.6 Å². The summed E-state index contributed by atoms with van der Waals surface area (Å²) in [7, 11) is 0. The van der Waals surface area contributed by atoms with E-state index in [9.17, 15) is 4.79 Å². The highest BCUT2D eigenvalue weighted by Gasteiger charge is 2.28. The van der Waals surface area contributed by atoms with Crippen LogP contribution in [0.25, 0.3) is 0 Å². The molecule has 1 fully saturated rings. The van der Waals surface area contributed by atoms with Gasteiger partial charge in [0, 0.05) is 24.4 Å². The maximum Gasteiger partial charge on any atom is 0.309 e. The summed E-state index contributed by atoms with van der Waals surface area (Å²) in [4.78, 5) is 14.9. The van der Waals surface area contributed by atoms with Crippen LogP contribution in [-0.2, 0) is 17.8 Å². The lowest BCUT2D eigenvalue weighted by Crippen LogP contribution is -2.09. The highest BCUT2D eigenvalue weighted by atomic mass is 16.4. The van der Waals surface area contributed by atoms with Crippen LogP contribution in [0, 0.1) is 0 Å². The second-order valence-corrected chi connectivity index (χ2v) is 3.70. The first kappa shape index (κ1) is 9.24. The number of hydrogen-bond acceptors (Lipinski definition) is 2. The summed E-state index contributed by atoms with van der Waals surface area (Å²) < 4.78 is 2.03. The number of carboxylic acids is 1. The number of hydrogen-bond donors (Lipinski definition) is 1. The Balaban J connectivity index is 2.26. The van der Waals surface area contributed by atoms with Crippen LogP contribution in [0.2, 0.25) is 0 Å². The molecule has 1 aliphatic rings. The van der Waals surface area contributed by atoms with Gasteiger partial charge in [0.25, 0.3) is 0 Å². The van der Waals surface area contributed by atoms with E-state index in [0.29, 0.717) is 5.92 Å².